The van der Waals surface area contributed by atoms with E-state index >= 15 is 0 Å². The average molecular weight is 333 g/mol. The molecule has 1 aliphatic rings. The van der Waals surface area contributed by atoms with Crippen LogP contribution in [0.4, 0.5) is 0 Å². The lowest BCUT2D eigenvalue weighted by Gasteiger charge is -2.32. The smallest absolute Gasteiger partial charge is 0.399 e. The molecule has 6 heteroatoms. The number of halogens is 1. The molecule has 0 aliphatic carbocycles. The third kappa shape index (κ3) is 3.18. The van der Waals surface area contributed by atoms with E-state index in [0.717, 1.165) is 21.7 Å². The van der Waals surface area contributed by atoms with Crippen LogP contribution in [0.3, 0.4) is 0 Å². The molecular formula is C17H22BClN2O2. The Bertz CT molecular complexity index is 711. The topological polar surface area (TPSA) is 36.3 Å². The van der Waals surface area contributed by atoms with Gasteiger partial charge in [0.2, 0.25) is 0 Å². The SMILES string of the molecule is Cc1nn(Cc2cccc(Cl)c2)cc1B1OC(C)(C)C(C)(C)O1. The van der Waals surface area contributed by atoms with Crippen molar-refractivity contribution in [1.82, 2.24) is 9.78 Å². The first-order valence-corrected chi connectivity index (χ1v) is 8.20. The van der Waals surface area contributed by atoms with Gasteiger partial charge in [-0.2, -0.15) is 5.10 Å². The molecule has 23 heavy (non-hydrogen) atoms. The number of benzene rings is 1. The maximum atomic E-state index is 6.12. The molecule has 3 rings (SSSR count). The second kappa shape index (κ2) is 5.65. The predicted octanol–water partition coefficient (Wildman–Crippen LogP) is 3.19. The van der Waals surface area contributed by atoms with E-state index in [1.165, 1.54) is 0 Å². The normalized spacial score (nSPS) is 19.3. The van der Waals surface area contributed by atoms with Gasteiger partial charge < -0.3 is 9.31 Å². The van der Waals surface area contributed by atoms with Crippen molar-refractivity contribution in [2.75, 3.05) is 0 Å². The van der Waals surface area contributed by atoms with Crippen molar-refractivity contribution >= 4 is 24.2 Å². The van der Waals surface area contributed by atoms with Gasteiger partial charge in [-0.25, -0.2) is 0 Å². The van der Waals surface area contributed by atoms with E-state index in [2.05, 4.69) is 32.8 Å². The monoisotopic (exact) mass is 332 g/mol. The summed E-state index contributed by atoms with van der Waals surface area (Å²) in [5.74, 6) is 0. The highest BCUT2D eigenvalue weighted by Crippen LogP contribution is 2.36. The van der Waals surface area contributed by atoms with E-state index in [-0.39, 0.29) is 18.3 Å². The standard InChI is InChI=1S/C17H22BClN2O2/c1-12-15(18-22-16(2,3)17(4,5)23-18)11-21(20-12)10-13-7-6-8-14(19)9-13/h6-9,11H,10H2,1-5H3. The zero-order valence-corrected chi connectivity index (χ0v) is 15.0. The molecule has 2 heterocycles. The van der Waals surface area contributed by atoms with Crippen molar-refractivity contribution in [3.8, 4) is 0 Å². The summed E-state index contributed by atoms with van der Waals surface area (Å²) in [6, 6.07) is 7.81. The molecule has 1 aromatic heterocycles. The molecule has 0 radical (unpaired) electrons. The summed E-state index contributed by atoms with van der Waals surface area (Å²) in [6.07, 6.45) is 2.00. The molecule has 0 saturated carbocycles. The molecule has 2 aromatic rings. The lowest BCUT2D eigenvalue weighted by molar-refractivity contribution is 0.00578. The summed E-state index contributed by atoms with van der Waals surface area (Å²) in [7, 11) is -0.381. The molecule has 122 valence electrons. The van der Waals surface area contributed by atoms with Gasteiger partial charge in [-0.3, -0.25) is 4.68 Å². The number of aryl methyl sites for hydroxylation is 1. The minimum absolute atomic E-state index is 0.348. The highest BCUT2D eigenvalue weighted by molar-refractivity contribution is 6.62. The molecule has 0 bridgehead atoms. The number of hydrogen-bond donors (Lipinski definition) is 0. The van der Waals surface area contributed by atoms with E-state index in [9.17, 15) is 0 Å². The Labute approximate surface area is 142 Å². The average Bonchev–Trinajstić information content (AvgIpc) is 2.87. The summed E-state index contributed by atoms with van der Waals surface area (Å²) in [6.45, 7) is 10.9. The minimum Gasteiger partial charge on any atom is -0.399 e. The number of aromatic nitrogens is 2. The third-order valence-electron chi connectivity index (χ3n) is 4.73. The Balaban J connectivity index is 1.82. The molecule has 1 aliphatic heterocycles. The first kappa shape index (κ1) is 16.6. The van der Waals surface area contributed by atoms with Crippen LogP contribution in [0.5, 0.6) is 0 Å². The zero-order chi connectivity index (χ0) is 16.8. The van der Waals surface area contributed by atoms with Gasteiger partial charge in [0.05, 0.1) is 23.4 Å². The molecule has 0 atom stereocenters. The Kier molecular flexibility index (Phi) is 4.07. The number of hydrogen-bond acceptors (Lipinski definition) is 3. The number of nitrogens with zero attached hydrogens (tertiary/aromatic N) is 2. The van der Waals surface area contributed by atoms with Crippen molar-refractivity contribution in [2.45, 2.75) is 52.4 Å². The van der Waals surface area contributed by atoms with Crippen LogP contribution < -0.4 is 5.46 Å². The summed E-state index contributed by atoms with van der Waals surface area (Å²) in [4.78, 5) is 0. The van der Waals surface area contributed by atoms with Crippen LogP contribution in [-0.4, -0.2) is 28.1 Å². The summed E-state index contributed by atoms with van der Waals surface area (Å²) < 4.78 is 14.1. The van der Waals surface area contributed by atoms with Crippen LogP contribution >= 0.6 is 11.6 Å². The second-order valence-electron chi connectivity index (χ2n) is 7.09. The van der Waals surface area contributed by atoms with Gasteiger partial charge in [0.15, 0.2) is 0 Å². The maximum Gasteiger partial charge on any atom is 0.498 e. The maximum absolute atomic E-state index is 6.12. The van der Waals surface area contributed by atoms with Crippen molar-refractivity contribution in [3.63, 3.8) is 0 Å². The molecule has 4 nitrogen and oxygen atoms in total. The molecular weight excluding hydrogens is 310 g/mol. The van der Waals surface area contributed by atoms with Gasteiger partial charge in [0, 0.05) is 16.7 Å². The van der Waals surface area contributed by atoms with Gasteiger partial charge in [-0.1, -0.05) is 23.7 Å². The zero-order valence-electron chi connectivity index (χ0n) is 14.3. The van der Waals surface area contributed by atoms with E-state index in [4.69, 9.17) is 20.9 Å². The lowest BCUT2D eigenvalue weighted by Crippen LogP contribution is -2.41. The van der Waals surface area contributed by atoms with Gasteiger partial charge >= 0.3 is 7.12 Å². The minimum atomic E-state index is -0.381. The summed E-state index contributed by atoms with van der Waals surface area (Å²) in [5.41, 5.74) is 2.31. The predicted molar refractivity (Wildman–Crippen MR) is 93.2 cm³/mol. The molecule has 0 spiro atoms. The molecule has 1 aromatic carbocycles. The van der Waals surface area contributed by atoms with E-state index in [1.54, 1.807) is 0 Å². The van der Waals surface area contributed by atoms with Crippen LogP contribution in [0.25, 0.3) is 0 Å². The highest BCUT2D eigenvalue weighted by atomic mass is 35.5. The van der Waals surface area contributed by atoms with Gasteiger partial charge in [0.1, 0.15) is 0 Å². The third-order valence-corrected chi connectivity index (χ3v) is 4.96. The molecule has 1 saturated heterocycles. The Morgan fingerprint density at radius 1 is 1.17 bits per heavy atom. The van der Waals surface area contributed by atoms with Gasteiger partial charge in [-0.05, 0) is 52.3 Å². The van der Waals surface area contributed by atoms with Crippen LogP contribution in [0.2, 0.25) is 5.02 Å². The fourth-order valence-electron chi connectivity index (χ4n) is 2.64. The second-order valence-corrected chi connectivity index (χ2v) is 7.52. The Morgan fingerprint density at radius 2 is 1.83 bits per heavy atom. The quantitative estimate of drug-likeness (QED) is 0.810. The Morgan fingerprint density at radius 3 is 2.43 bits per heavy atom. The van der Waals surface area contributed by atoms with E-state index in [1.807, 2.05) is 42.1 Å². The summed E-state index contributed by atoms with van der Waals surface area (Å²) >= 11 is 6.04. The fourth-order valence-corrected chi connectivity index (χ4v) is 2.85. The lowest BCUT2D eigenvalue weighted by atomic mass is 9.79. The van der Waals surface area contributed by atoms with Crippen molar-refractivity contribution < 1.29 is 9.31 Å². The van der Waals surface area contributed by atoms with Gasteiger partial charge in [-0.15, -0.1) is 0 Å². The van der Waals surface area contributed by atoms with E-state index in [0.29, 0.717) is 6.54 Å². The number of rotatable bonds is 3. The molecule has 0 amide bonds. The van der Waals surface area contributed by atoms with Crippen molar-refractivity contribution in [2.24, 2.45) is 0 Å². The van der Waals surface area contributed by atoms with Crippen molar-refractivity contribution in [3.05, 3.63) is 46.7 Å². The van der Waals surface area contributed by atoms with Crippen LogP contribution in [-0.2, 0) is 15.9 Å². The first-order valence-electron chi connectivity index (χ1n) is 7.82. The first-order chi connectivity index (χ1) is 10.7. The Hall–Kier alpha value is -1.30. The van der Waals surface area contributed by atoms with Gasteiger partial charge in [0.25, 0.3) is 0 Å². The van der Waals surface area contributed by atoms with Crippen LogP contribution in [0.1, 0.15) is 39.0 Å². The van der Waals surface area contributed by atoms with Crippen molar-refractivity contribution in [1.29, 1.82) is 0 Å². The molecule has 0 unspecified atom stereocenters. The fraction of sp³-hybridized carbons (Fsp3) is 0.471. The van der Waals surface area contributed by atoms with Crippen LogP contribution in [0, 0.1) is 6.92 Å². The summed E-state index contributed by atoms with van der Waals surface area (Å²) in [5, 5.41) is 5.32. The van der Waals surface area contributed by atoms with E-state index < -0.39 is 0 Å². The molecule has 0 N–H and O–H groups in total. The van der Waals surface area contributed by atoms with Crippen LogP contribution in [0.15, 0.2) is 30.5 Å². The molecule has 1 fully saturated rings. The highest BCUT2D eigenvalue weighted by Gasteiger charge is 2.52. The largest absolute Gasteiger partial charge is 0.498 e.